The lowest BCUT2D eigenvalue weighted by atomic mass is 10.3. The Morgan fingerprint density at radius 1 is 0.704 bits per heavy atom. The molecule has 0 fully saturated rings. The summed E-state index contributed by atoms with van der Waals surface area (Å²) in [6.07, 6.45) is 0. The van der Waals surface area contributed by atoms with E-state index in [0.717, 1.165) is 0 Å². The van der Waals surface area contributed by atoms with Gasteiger partial charge in [-0.25, -0.2) is 8.42 Å². The van der Waals surface area contributed by atoms with Gasteiger partial charge in [-0.1, -0.05) is 64.6 Å². The first-order valence-corrected chi connectivity index (χ1v) is 10.5. The second kappa shape index (κ2) is 8.17. The Balaban J connectivity index is 1.83. The molecule has 0 atom stereocenters. The average Bonchev–Trinajstić information content (AvgIpc) is 2.62. The van der Waals surface area contributed by atoms with E-state index in [9.17, 15) is 8.42 Å². The molecule has 0 heterocycles. The SMILES string of the molecule is O=S(=O)(Nc1ccc(Oc2cc(Cl)c(Cl)cc2Cl)c(Cl)c1)c1ccccc1. The van der Waals surface area contributed by atoms with Crippen LogP contribution >= 0.6 is 46.4 Å². The molecule has 3 aromatic rings. The molecule has 0 saturated carbocycles. The van der Waals surface area contributed by atoms with Gasteiger partial charge in [-0.05, 0) is 36.4 Å². The van der Waals surface area contributed by atoms with Crippen LogP contribution < -0.4 is 9.46 Å². The maximum atomic E-state index is 12.4. The highest BCUT2D eigenvalue weighted by atomic mass is 35.5. The summed E-state index contributed by atoms with van der Waals surface area (Å²) < 4.78 is 32.9. The van der Waals surface area contributed by atoms with E-state index in [4.69, 9.17) is 51.1 Å². The van der Waals surface area contributed by atoms with Crippen LogP contribution in [0.15, 0.2) is 65.6 Å². The fourth-order valence-corrected chi connectivity index (χ4v) is 4.03. The molecular weight excluding hydrogens is 452 g/mol. The van der Waals surface area contributed by atoms with E-state index in [1.54, 1.807) is 18.2 Å². The number of rotatable bonds is 5. The van der Waals surface area contributed by atoms with E-state index in [0.29, 0.717) is 5.02 Å². The van der Waals surface area contributed by atoms with Crippen LogP contribution in [0.2, 0.25) is 20.1 Å². The number of ether oxygens (including phenoxy) is 1. The van der Waals surface area contributed by atoms with E-state index in [1.165, 1.54) is 42.5 Å². The highest BCUT2D eigenvalue weighted by Crippen LogP contribution is 2.39. The van der Waals surface area contributed by atoms with Crippen LogP contribution in [0.25, 0.3) is 0 Å². The van der Waals surface area contributed by atoms with Gasteiger partial charge in [-0.3, -0.25) is 4.72 Å². The first kappa shape index (κ1) is 20.1. The Kier molecular flexibility index (Phi) is 6.08. The fraction of sp³-hybridized carbons (Fsp3) is 0. The average molecular weight is 463 g/mol. The highest BCUT2D eigenvalue weighted by molar-refractivity contribution is 7.92. The molecular formula is C18H11Cl4NO3S. The van der Waals surface area contributed by atoms with Gasteiger partial charge in [0.25, 0.3) is 10.0 Å². The van der Waals surface area contributed by atoms with Crippen molar-refractivity contribution in [1.82, 2.24) is 0 Å². The van der Waals surface area contributed by atoms with Crippen molar-refractivity contribution in [3.8, 4) is 11.5 Å². The van der Waals surface area contributed by atoms with Crippen LogP contribution in [0.5, 0.6) is 11.5 Å². The summed E-state index contributed by atoms with van der Waals surface area (Å²) in [5, 5.41) is 1.02. The van der Waals surface area contributed by atoms with Crippen LogP contribution in [-0.2, 0) is 10.0 Å². The number of hydrogen-bond acceptors (Lipinski definition) is 3. The molecule has 0 amide bonds. The lowest BCUT2D eigenvalue weighted by Crippen LogP contribution is -2.12. The van der Waals surface area contributed by atoms with Crippen molar-refractivity contribution in [1.29, 1.82) is 0 Å². The Hall–Kier alpha value is -1.63. The number of sulfonamides is 1. The minimum atomic E-state index is -3.72. The van der Waals surface area contributed by atoms with Crippen molar-refractivity contribution < 1.29 is 13.2 Å². The van der Waals surface area contributed by atoms with E-state index in [2.05, 4.69) is 4.72 Å². The van der Waals surface area contributed by atoms with Crippen LogP contribution in [0.3, 0.4) is 0 Å². The fourth-order valence-electron chi connectivity index (χ4n) is 2.16. The molecule has 0 saturated heterocycles. The van der Waals surface area contributed by atoms with Crippen molar-refractivity contribution in [3.05, 3.63) is 80.8 Å². The molecule has 0 aliphatic carbocycles. The zero-order chi connectivity index (χ0) is 19.6. The van der Waals surface area contributed by atoms with Crippen LogP contribution in [-0.4, -0.2) is 8.42 Å². The maximum absolute atomic E-state index is 12.4. The first-order chi connectivity index (χ1) is 12.8. The minimum absolute atomic E-state index is 0.143. The molecule has 3 aromatic carbocycles. The molecule has 0 unspecified atom stereocenters. The zero-order valence-corrected chi connectivity index (χ0v) is 17.3. The van der Waals surface area contributed by atoms with Gasteiger partial charge in [-0.2, -0.15) is 0 Å². The van der Waals surface area contributed by atoms with Gasteiger partial charge >= 0.3 is 0 Å². The Bertz CT molecular complexity index is 1090. The van der Waals surface area contributed by atoms with Crippen molar-refractivity contribution in [2.24, 2.45) is 0 Å². The van der Waals surface area contributed by atoms with Gasteiger partial charge in [-0.15, -0.1) is 0 Å². The standard InChI is InChI=1S/C18H11Cl4NO3S/c19-13-9-16(22)18(10-14(13)20)26-17-7-6-11(8-15(17)21)23-27(24,25)12-4-2-1-3-5-12/h1-10,23H. The Morgan fingerprint density at radius 3 is 2.00 bits per heavy atom. The summed E-state index contributed by atoms with van der Waals surface area (Å²) in [5.74, 6) is 0.546. The summed E-state index contributed by atoms with van der Waals surface area (Å²) in [6, 6.07) is 15.4. The van der Waals surface area contributed by atoms with Gasteiger partial charge in [0.05, 0.1) is 30.7 Å². The van der Waals surface area contributed by atoms with Crippen molar-refractivity contribution in [2.45, 2.75) is 4.90 Å². The molecule has 4 nitrogen and oxygen atoms in total. The van der Waals surface area contributed by atoms with Gasteiger partial charge in [0, 0.05) is 6.07 Å². The monoisotopic (exact) mass is 461 g/mol. The topological polar surface area (TPSA) is 55.4 Å². The molecule has 3 rings (SSSR count). The smallest absolute Gasteiger partial charge is 0.261 e. The van der Waals surface area contributed by atoms with Gasteiger partial charge in [0.1, 0.15) is 11.5 Å². The predicted molar refractivity (Wildman–Crippen MR) is 110 cm³/mol. The molecule has 0 bridgehead atoms. The normalized spacial score (nSPS) is 11.3. The van der Waals surface area contributed by atoms with Crippen LogP contribution in [0, 0.1) is 0 Å². The van der Waals surface area contributed by atoms with Gasteiger partial charge in [0.15, 0.2) is 0 Å². The van der Waals surface area contributed by atoms with Crippen LogP contribution in [0.4, 0.5) is 5.69 Å². The lowest BCUT2D eigenvalue weighted by molar-refractivity contribution is 0.483. The number of nitrogens with one attached hydrogen (secondary N) is 1. The van der Waals surface area contributed by atoms with Crippen LogP contribution in [0.1, 0.15) is 0 Å². The second-order valence-electron chi connectivity index (χ2n) is 5.36. The largest absolute Gasteiger partial charge is 0.454 e. The highest BCUT2D eigenvalue weighted by Gasteiger charge is 2.15. The molecule has 9 heteroatoms. The van der Waals surface area contributed by atoms with E-state index in [1.807, 2.05) is 0 Å². The Morgan fingerprint density at radius 2 is 1.33 bits per heavy atom. The quantitative estimate of drug-likeness (QED) is 0.419. The lowest BCUT2D eigenvalue weighted by Gasteiger charge is -2.12. The third kappa shape index (κ3) is 4.81. The minimum Gasteiger partial charge on any atom is -0.454 e. The zero-order valence-electron chi connectivity index (χ0n) is 13.4. The van der Waals surface area contributed by atoms with Crippen molar-refractivity contribution >= 4 is 62.1 Å². The second-order valence-corrected chi connectivity index (χ2v) is 8.67. The van der Waals surface area contributed by atoms with Crippen molar-refractivity contribution in [2.75, 3.05) is 4.72 Å². The summed E-state index contributed by atoms with van der Waals surface area (Å²) in [6.45, 7) is 0. The van der Waals surface area contributed by atoms with Crippen molar-refractivity contribution in [3.63, 3.8) is 0 Å². The third-order valence-electron chi connectivity index (χ3n) is 3.43. The molecule has 0 spiro atoms. The number of anilines is 1. The van der Waals surface area contributed by atoms with E-state index >= 15 is 0 Å². The summed E-state index contributed by atoms with van der Waals surface area (Å²) in [4.78, 5) is 0.143. The maximum Gasteiger partial charge on any atom is 0.261 e. The Labute approximate surface area is 176 Å². The van der Waals surface area contributed by atoms with Gasteiger partial charge in [0.2, 0.25) is 0 Å². The molecule has 140 valence electrons. The third-order valence-corrected chi connectivity index (χ3v) is 6.14. The number of benzene rings is 3. The number of halogens is 4. The number of hydrogen-bond donors (Lipinski definition) is 1. The summed E-state index contributed by atoms with van der Waals surface area (Å²) in [7, 11) is -3.72. The van der Waals surface area contributed by atoms with E-state index < -0.39 is 10.0 Å². The van der Waals surface area contributed by atoms with Gasteiger partial charge < -0.3 is 4.74 Å². The van der Waals surface area contributed by atoms with E-state index in [-0.39, 0.29) is 37.1 Å². The molecule has 0 aliphatic heterocycles. The first-order valence-electron chi connectivity index (χ1n) is 7.46. The molecule has 0 radical (unpaired) electrons. The predicted octanol–water partition coefficient (Wildman–Crippen LogP) is 6.89. The molecule has 1 N–H and O–H groups in total. The molecule has 27 heavy (non-hydrogen) atoms. The molecule has 0 aliphatic rings. The summed E-state index contributed by atoms with van der Waals surface area (Å²) >= 11 is 24.2. The summed E-state index contributed by atoms with van der Waals surface area (Å²) in [5.41, 5.74) is 0.288. The molecule has 0 aromatic heterocycles.